The van der Waals surface area contributed by atoms with Gasteiger partial charge >= 0.3 is 0 Å². The zero-order valence-electron chi connectivity index (χ0n) is 14.5. The standard InChI is InChI=1S/C19H16N4O4/c1-13-3-2-4-15(11-13)20-18(24)12-22-19(25)10-9-17(21-22)14-5-7-16(8-6-14)23(26)27/h2-11H,12H2,1H3,(H,20,24). The highest BCUT2D eigenvalue weighted by molar-refractivity contribution is 5.90. The van der Waals surface area contributed by atoms with Crippen molar-refractivity contribution in [2.45, 2.75) is 13.5 Å². The molecular weight excluding hydrogens is 348 g/mol. The van der Waals surface area contributed by atoms with Crippen LogP contribution in [0.1, 0.15) is 5.56 Å². The first-order valence-corrected chi connectivity index (χ1v) is 8.12. The Balaban J connectivity index is 1.79. The molecular formula is C19H16N4O4. The van der Waals surface area contributed by atoms with Crippen molar-refractivity contribution in [2.75, 3.05) is 5.32 Å². The Morgan fingerprint density at radius 1 is 1.15 bits per heavy atom. The van der Waals surface area contributed by atoms with E-state index in [0.29, 0.717) is 16.9 Å². The van der Waals surface area contributed by atoms with Crippen LogP contribution in [0.5, 0.6) is 0 Å². The number of carbonyl (C=O) groups excluding carboxylic acids is 1. The molecule has 0 saturated heterocycles. The van der Waals surface area contributed by atoms with Crippen LogP contribution in [-0.4, -0.2) is 20.6 Å². The molecule has 0 aliphatic carbocycles. The van der Waals surface area contributed by atoms with Crippen molar-refractivity contribution in [3.8, 4) is 11.3 Å². The summed E-state index contributed by atoms with van der Waals surface area (Å²) >= 11 is 0. The minimum atomic E-state index is -0.492. The van der Waals surface area contributed by atoms with Crippen molar-refractivity contribution in [2.24, 2.45) is 0 Å². The lowest BCUT2D eigenvalue weighted by molar-refractivity contribution is -0.384. The van der Waals surface area contributed by atoms with Gasteiger partial charge in [0.05, 0.1) is 10.6 Å². The second-order valence-corrected chi connectivity index (χ2v) is 5.94. The van der Waals surface area contributed by atoms with E-state index in [2.05, 4.69) is 10.4 Å². The number of hydrogen-bond donors (Lipinski definition) is 1. The molecule has 8 nitrogen and oxygen atoms in total. The van der Waals surface area contributed by atoms with Gasteiger partial charge in [-0.1, -0.05) is 12.1 Å². The first-order valence-electron chi connectivity index (χ1n) is 8.12. The summed E-state index contributed by atoms with van der Waals surface area (Å²) in [5.41, 5.74) is 2.23. The molecule has 0 atom stereocenters. The smallest absolute Gasteiger partial charge is 0.269 e. The number of hydrogen-bond acceptors (Lipinski definition) is 5. The molecule has 0 aliphatic rings. The van der Waals surface area contributed by atoms with E-state index in [4.69, 9.17) is 0 Å². The largest absolute Gasteiger partial charge is 0.324 e. The normalized spacial score (nSPS) is 10.4. The van der Waals surface area contributed by atoms with E-state index in [0.717, 1.165) is 10.2 Å². The molecule has 8 heteroatoms. The summed E-state index contributed by atoms with van der Waals surface area (Å²) in [6.07, 6.45) is 0. The van der Waals surface area contributed by atoms with E-state index in [1.807, 2.05) is 25.1 Å². The number of benzene rings is 2. The van der Waals surface area contributed by atoms with Crippen LogP contribution in [0.4, 0.5) is 11.4 Å². The minimum absolute atomic E-state index is 0.0374. The van der Waals surface area contributed by atoms with E-state index in [9.17, 15) is 19.7 Å². The average molecular weight is 364 g/mol. The SMILES string of the molecule is Cc1cccc(NC(=O)Cn2nc(-c3ccc([N+](=O)[O-])cc3)ccc2=O)c1. The third-order valence-corrected chi connectivity index (χ3v) is 3.84. The second-order valence-electron chi connectivity index (χ2n) is 5.94. The maximum Gasteiger partial charge on any atom is 0.269 e. The Kier molecular flexibility index (Phi) is 5.07. The lowest BCUT2D eigenvalue weighted by Crippen LogP contribution is -2.29. The molecule has 0 radical (unpaired) electrons. The van der Waals surface area contributed by atoms with Gasteiger partial charge in [0.1, 0.15) is 6.54 Å². The Morgan fingerprint density at radius 2 is 1.89 bits per heavy atom. The Hall–Kier alpha value is -3.81. The number of nitrogens with zero attached hydrogens (tertiary/aromatic N) is 3. The number of nitro benzene ring substituents is 1. The van der Waals surface area contributed by atoms with Gasteiger partial charge in [0.25, 0.3) is 11.2 Å². The Labute approximate surface area is 154 Å². The zero-order valence-corrected chi connectivity index (χ0v) is 14.5. The molecule has 1 heterocycles. The van der Waals surface area contributed by atoms with E-state index < -0.39 is 10.5 Å². The molecule has 136 valence electrons. The van der Waals surface area contributed by atoms with Crippen molar-refractivity contribution in [1.29, 1.82) is 0 Å². The molecule has 0 fully saturated rings. The maximum atomic E-state index is 12.2. The van der Waals surface area contributed by atoms with E-state index in [1.165, 1.54) is 24.3 Å². The molecule has 2 aromatic carbocycles. The van der Waals surface area contributed by atoms with Crippen molar-refractivity contribution in [3.05, 3.63) is 86.7 Å². The van der Waals surface area contributed by atoms with Gasteiger partial charge < -0.3 is 5.32 Å². The summed E-state index contributed by atoms with van der Waals surface area (Å²) in [7, 11) is 0. The van der Waals surface area contributed by atoms with Crippen LogP contribution in [0.3, 0.4) is 0 Å². The van der Waals surface area contributed by atoms with Crippen LogP contribution in [-0.2, 0) is 11.3 Å². The molecule has 0 unspecified atom stereocenters. The summed E-state index contributed by atoms with van der Waals surface area (Å²) in [4.78, 5) is 34.5. The van der Waals surface area contributed by atoms with Crippen LogP contribution in [0.2, 0.25) is 0 Å². The summed E-state index contributed by atoms with van der Waals surface area (Å²) in [6.45, 7) is 1.67. The first kappa shape index (κ1) is 18.0. The highest BCUT2D eigenvalue weighted by Gasteiger charge is 2.10. The van der Waals surface area contributed by atoms with Gasteiger partial charge in [0.15, 0.2) is 0 Å². The molecule has 0 bridgehead atoms. The maximum absolute atomic E-state index is 12.2. The number of aryl methyl sites for hydroxylation is 1. The molecule has 0 spiro atoms. The molecule has 3 rings (SSSR count). The second kappa shape index (κ2) is 7.61. The Bertz CT molecular complexity index is 1060. The highest BCUT2D eigenvalue weighted by atomic mass is 16.6. The first-order chi connectivity index (χ1) is 12.9. The topological polar surface area (TPSA) is 107 Å². The van der Waals surface area contributed by atoms with Gasteiger partial charge in [-0.2, -0.15) is 5.10 Å². The van der Waals surface area contributed by atoms with E-state index in [1.54, 1.807) is 18.2 Å². The number of anilines is 1. The number of amides is 1. The summed E-state index contributed by atoms with van der Waals surface area (Å²) in [5.74, 6) is -0.379. The summed E-state index contributed by atoms with van der Waals surface area (Å²) < 4.78 is 1.06. The fourth-order valence-corrected chi connectivity index (χ4v) is 2.53. The molecule has 3 aromatic rings. The van der Waals surface area contributed by atoms with Crippen molar-refractivity contribution < 1.29 is 9.72 Å². The van der Waals surface area contributed by atoms with Crippen LogP contribution >= 0.6 is 0 Å². The van der Waals surface area contributed by atoms with Crippen molar-refractivity contribution >= 4 is 17.3 Å². The van der Waals surface area contributed by atoms with Gasteiger partial charge in [0.2, 0.25) is 5.91 Å². The molecule has 27 heavy (non-hydrogen) atoms. The number of rotatable bonds is 5. The van der Waals surface area contributed by atoms with Crippen LogP contribution in [0.15, 0.2) is 65.5 Å². The van der Waals surface area contributed by atoms with E-state index in [-0.39, 0.29) is 18.1 Å². The number of nitro groups is 1. The average Bonchev–Trinajstić information content (AvgIpc) is 2.63. The molecule has 1 amide bonds. The fraction of sp³-hybridized carbons (Fsp3) is 0.105. The van der Waals surface area contributed by atoms with Gasteiger partial charge in [-0.25, -0.2) is 4.68 Å². The van der Waals surface area contributed by atoms with Crippen molar-refractivity contribution in [1.82, 2.24) is 9.78 Å². The van der Waals surface area contributed by atoms with Crippen LogP contribution in [0.25, 0.3) is 11.3 Å². The predicted molar refractivity (Wildman–Crippen MR) is 100 cm³/mol. The van der Waals surface area contributed by atoms with Crippen molar-refractivity contribution in [3.63, 3.8) is 0 Å². The van der Waals surface area contributed by atoms with Gasteiger partial charge in [-0.05, 0) is 42.8 Å². The molecule has 1 N–H and O–H groups in total. The third kappa shape index (κ3) is 4.43. The minimum Gasteiger partial charge on any atom is -0.324 e. The monoisotopic (exact) mass is 364 g/mol. The number of aromatic nitrogens is 2. The molecule has 0 aliphatic heterocycles. The Morgan fingerprint density at radius 3 is 2.56 bits per heavy atom. The van der Waals surface area contributed by atoms with Gasteiger partial charge in [-0.3, -0.25) is 19.7 Å². The summed E-state index contributed by atoms with van der Waals surface area (Å²) in [5, 5.41) is 17.7. The highest BCUT2D eigenvalue weighted by Crippen LogP contribution is 2.19. The van der Waals surface area contributed by atoms with Crippen LogP contribution < -0.4 is 10.9 Å². The number of carbonyl (C=O) groups is 1. The lowest BCUT2D eigenvalue weighted by atomic mass is 10.1. The fourth-order valence-electron chi connectivity index (χ4n) is 2.53. The van der Waals surface area contributed by atoms with Gasteiger partial charge in [-0.15, -0.1) is 0 Å². The van der Waals surface area contributed by atoms with Gasteiger partial charge in [0, 0.05) is 29.4 Å². The van der Waals surface area contributed by atoms with Crippen LogP contribution in [0, 0.1) is 17.0 Å². The quantitative estimate of drug-likeness (QED) is 0.553. The lowest BCUT2D eigenvalue weighted by Gasteiger charge is -2.09. The molecule has 0 saturated carbocycles. The molecule has 1 aromatic heterocycles. The number of nitrogens with one attached hydrogen (secondary N) is 1. The third-order valence-electron chi connectivity index (χ3n) is 3.84. The van der Waals surface area contributed by atoms with E-state index >= 15 is 0 Å². The predicted octanol–water partition coefficient (Wildman–Crippen LogP) is 2.77. The number of non-ortho nitro benzene ring substituents is 1. The zero-order chi connectivity index (χ0) is 19.4. The summed E-state index contributed by atoms with van der Waals surface area (Å²) in [6, 6.07) is 15.9.